The van der Waals surface area contributed by atoms with E-state index >= 15 is 0 Å². The van der Waals surface area contributed by atoms with Crippen LogP contribution in [0.3, 0.4) is 0 Å². The molecule has 1 amide bonds. The lowest BCUT2D eigenvalue weighted by molar-refractivity contribution is -0.143. The lowest BCUT2D eigenvalue weighted by Gasteiger charge is -2.38. The molecule has 1 aromatic heterocycles. The Labute approximate surface area is 196 Å². The van der Waals surface area contributed by atoms with E-state index in [1.165, 1.54) is 23.3 Å². The van der Waals surface area contributed by atoms with Crippen LogP contribution in [0.2, 0.25) is 0 Å². The highest BCUT2D eigenvalue weighted by molar-refractivity contribution is 5.76. The molecule has 11 heteroatoms. The number of ether oxygens (including phenoxy) is 1. The van der Waals surface area contributed by atoms with Gasteiger partial charge in [0, 0.05) is 31.4 Å². The molecule has 0 radical (unpaired) electrons. The topological polar surface area (TPSA) is 47.4 Å². The SMILES string of the molecule is O=C(N1CC[C@H](OCc2cc(C(F)(F)F)cc(C(F)(F)F)c2)[C@H](c2ccccc2)C1)n1ccnc1. The molecule has 2 heterocycles. The van der Waals surface area contributed by atoms with Crippen molar-refractivity contribution in [2.75, 3.05) is 13.1 Å². The van der Waals surface area contributed by atoms with Gasteiger partial charge in [0.15, 0.2) is 0 Å². The fourth-order valence-electron chi connectivity index (χ4n) is 4.17. The van der Waals surface area contributed by atoms with E-state index < -0.39 is 36.2 Å². The first-order chi connectivity index (χ1) is 16.5. The maximum atomic E-state index is 13.2. The average Bonchev–Trinajstić information content (AvgIpc) is 3.36. The number of imidazole rings is 1. The molecule has 3 aromatic rings. The van der Waals surface area contributed by atoms with Gasteiger partial charge in [-0.2, -0.15) is 26.3 Å². The molecule has 0 unspecified atom stereocenters. The molecule has 35 heavy (non-hydrogen) atoms. The zero-order valence-corrected chi connectivity index (χ0v) is 18.3. The van der Waals surface area contributed by atoms with Crippen molar-refractivity contribution in [3.8, 4) is 0 Å². The number of benzene rings is 2. The van der Waals surface area contributed by atoms with Gasteiger partial charge in [-0.1, -0.05) is 30.3 Å². The second-order valence-corrected chi connectivity index (χ2v) is 8.27. The van der Waals surface area contributed by atoms with Gasteiger partial charge in [-0.05, 0) is 35.7 Å². The van der Waals surface area contributed by atoms with Crippen LogP contribution in [-0.4, -0.2) is 39.7 Å². The number of halogens is 6. The predicted molar refractivity (Wildman–Crippen MR) is 113 cm³/mol. The Morgan fingerprint density at radius 1 is 1.00 bits per heavy atom. The number of hydrogen-bond donors (Lipinski definition) is 0. The van der Waals surface area contributed by atoms with Gasteiger partial charge in [0.1, 0.15) is 6.33 Å². The number of rotatable bonds is 4. The van der Waals surface area contributed by atoms with Crippen LogP contribution >= 0.6 is 0 Å². The van der Waals surface area contributed by atoms with Crippen LogP contribution in [0.4, 0.5) is 31.1 Å². The molecule has 0 bridgehead atoms. The van der Waals surface area contributed by atoms with Crippen molar-refractivity contribution in [1.82, 2.24) is 14.5 Å². The van der Waals surface area contributed by atoms with Crippen molar-refractivity contribution in [2.24, 2.45) is 0 Å². The highest BCUT2D eigenvalue weighted by Crippen LogP contribution is 2.37. The summed E-state index contributed by atoms with van der Waals surface area (Å²) in [6, 6.07) is 10.3. The van der Waals surface area contributed by atoms with E-state index in [0.717, 1.165) is 5.56 Å². The Bertz CT molecular complexity index is 1110. The normalized spacial score (nSPS) is 19.1. The largest absolute Gasteiger partial charge is 0.416 e. The maximum absolute atomic E-state index is 13.2. The number of alkyl halides is 6. The van der Waals surface area contributed by atoms with E-state index in [1.807, 2.05) is 30.3 Å². The Balaban J connectivity index is 1.56. The van der Waals surface area contributed by atoms with Crippen molar-refractivity contribution in [2.45, 2.75) is 37.4 Å². The van der Waals surface area contributed by atoms with Crippen molar-refractivity contribution < 1.29 is 35.9 Å². The molecule has 0 spiro atoms. The molecule has 186 valence electrons. The van der Waals surface area contributed by atoms with Crippen LogP contribution in [0.1, 0.15) is 34.6 Å². The molecule has 0 saturated carbocycles. The van der Waals surface area contributed by atoms with Crippen LogP contribution in [-0.2, 0) is 23.7 Å². The van der Waals surface area contributed by atoms with E-state index in [-0.39, 0.29) is 30.1 Å². The highest BCUT2D eigenvalue weighted by atomic mass is 19.4. The molecular weight excluding hydrogens is 476 g/mol. The molecule has 0 N–H and O–H groups in total. The third-order valence-electron chi connectivity index (χ3n) is 5.88. The van der Waals surface area contributed by atoms with Gasteiger partial charge in [0.05, 0.1) is 23.8 Å². The Hall–Kier alpha value is -3.34. The lowest BCUT2D eigenvalue weighted by Crippen LogP contribution is -2.47. The molecule has 1 saturated heterocycles. The molecule has 5 nitrogen and oxygen atoms in total. The summed E-state index contributed by atoms with van der Waals surface area (Å²) in [5, 5.41) is 0. The minimum absolute atomic E-state index is 0.0937. The van der Waals surface area contributed by atoms with Crippen molar-refractivity contribution in [3.63, 3.8) is 0 Å². The van der Waals surface area contributed by atoms with Gasteiger partial charge < -0.3 is 9.64 Å². The Kier molecular flexibility index (Phi) is 6.88. The summed E-state index contributed by atoms with van der Waals surface area (Å²) in [4.78, 5) is 18.3. The van der Waals surface area contributed by atoms with Gasteiger partial charge in [0.2, 0.25) is 0 Å². The minimum atomic E-state index is -4.93. The molecule has 0 aliphatic carbocycles. The van der Waals surface area contributed by atoms with E-state index in [0.29, 0.717) is 25.1 Å². The van der Waals surface area contributed by atoms with Crippen molar-refractivity contribution in [3.05, 3.63) is 89.5 Å². The molecule has 2 atom stereocenters. The quantitative estimate of drug-likeness (QED) is 0.418. The number of likely N-dealkylation sites (tertiary alicyclic amines) is 1. The maximum Gasteiger partial charge on any atom is 0.416 e. The fourth-order valence-corrected chi connectivity index (χ4v) is 4.17. The van der Waals surface area contributed by atoms with Gasteiger partial charge >= 0.3 is 18.4 Å². The Morgan fingerprint density at radius 3 is 2.23 bits per heavy atom. The van der Waals surface area contributed by atoms with Crippen LogP contribution < -0.4 is 0 Å². The standard InChI is InChI=1S/C24H21F6N3O2/c25-23(26,27)18-10-16(11-19(12-18)24(28,29)30)14-35-21-6-8-32(22(34)33-9-7-31-15-33)13-20(21)17-4-2-1-3-5-17/h1-5,7,9-12,15,20-21H,6,8,13-14H2/t20-,21-/m0/s1. The molecular formula is C24H21F6N3O2. The van der Waals surface area contributed by atoms with Crippen LogP contribution in [0.5, 0.6) is 0 Å². The fraction of sp³-hybridized carbons (Fsp3) is 0.333. The van der Waals surface area contributed by atoms with E-state index in [9.17, 15) is 31.1 Å². The predicted octanol–water partition coefficient (Wildman–Crippen LogP) is 5.96. The number of aromatic nitrogens is 2. The third-order valence-corrected chi connectivity index (χ3v) is 5.88. The molecule has 1 aliphatic rings. The van der Waals surface area contributed by atoms with Crippen molar-refractivity contribution in [1.29, 1.82) is 0 Å². The molecule has 2 aromatic carbocycles. The Morgan fingerprint density at radius 2 is 1.66 bits per heavy atom. The lowest BCUT2D eigenvalue weighted by atomic mass is 9.88. The molecule has 1 fully saturated rings. The van der Waals surface area contributed by atoms with E-state index in [2.05, 4.69) is 4.98 Å². The van der Waals surface area contributed by atoms with E-state index in [4.69, 9.17) is 4.74 Å². The first-order valence-electron chi connectivity index (χ1n) is 10.7. The van der Waals surface area contributed by atoms with Gasteiger partial charge in [-0.15, -0.1) is 0 Å². The number of nitrogens with zero attached hydrogens (tertiary/aromatic N) is 3. The number of carbonyl (C=O) groups is 1. The molecule has 1 aliphatic heterocycles. The summed E-state index contributed by atoms with van der Waals surface area (Å²) < 4.78 is 86.4. The second-order valence-electron chi connectivity index (χ2n) is 8.27. The summed E-state index contributed by atoms with van der Waals surface area (Å²) in [5.41, 5.74) is -2.14. The smallest absolute Gasteiger partial charge is 0.373 e. The van der Waals surface area contributed by atoms with Gasteiger partial charge in [-0.25, -0.2) is 9.78 Å². The summed E-state index contributed by atoms with van der Waals surface area (Å²) in [5.74, 6) is -0.328. The number of piperidine rings is 1. The number of carbonyl (C=O) groups excluding carboxylic acids is 1. The highest BCUT2D eigenvalue weighted by Gasteiger charge is 2.38. The third kappa shape index (κ3) is 5.84. The van der Waals surface area contributed by atoms with Crippen LogP contribution in [0, 0.1) is 0 Å². The van der Waals surface area contributed by atoms with Crippen molar-refractivity contribution >= 4 is 6.03 Å². The first kappa shape index (κ1) is 24.8. The van der Waals surface area contributed by atoms with Gasteiger partial charge in [0.25, 0.3) is 0 Å². The first-order valence-corrected chi connectivity index (χ1v) is 10.7. The molecule has 4 rings (SSSR count). The minimum Gasteiger partial charge on any atom is -0.373 e. The zero-order valence-electron chi connectivity index (χ0n) is 18.3. The number of amides is 1. The van der Waals surface area contributed by atoms with Crippen LogP contribution in [0.25, 0.3) is 0 Å². The van der Waals surface area contributed by atoms with E-state index in [1.54, 1.807) is 4.90 Å². The van der Waals surface area contributed by atoms with Crippen LogP contribution in [0.15, 0.2) is 67.3 Å². The van der Waals surface area contributed by atoms with Gasteiger partial charge in [-0.3, -0.25) is 4.57 Å². The second kappa shape index (κ2) is 9.73. The zero-order chi connectivity index (χ0) is 25.2. The summed E-state index contributed by atoms with van der Waals surface area (Å²) in [6.07, 6.45) is -5.64. The summed E-state index contributed by atoms with van der Waals surface area (Å²) in [6.45, 7) is 0.139. The monoisotopic (exact) mass is 497 g/mol. The summed E-state index contributed by atoms with van der Waals surface area (Å²) in [7, 11) is 0. The average molecular weight is 497 g/mol. The summed E-state index contributed by atoms with van der Waals surface area (Å²) >= 11 is 0. The number of hydrogen-bond acceptors (Lipinski definition) is 3.